The highest BCUT2D eigenvalue weighted by atomic mass is 16.2. The second-order valence-electron chi connectivity index (χ2n) is 8.31. The Morgan fingerprint density at radius 2 is 1.80 bits per heavy atom. The first kappa shape index (κ1) is 20.2. The minimum atomic E-state index is -1.11. The number of hydrogen-bond donors (Lipinski definition) is 3. The van der Waals surface area contributed by atoms with Crippen molar-refractivity contribution in [3.63, 3.8) is 0 Å². The van der Waals surface area contributed by atoms with Gasteiger partial charge in [0.05, 0.1) is 6.04 Å². The maximum Gasteiger partial charge on any atom is 0.247 e. The van der Waals surface area contributed by atoms with Gasteiger partial charge in [-0.05, 0) is 55.4 Å². The zero-order chi connectivity index (χ0) is 21.0. The quantitative estimate of drug-likeness (QED) is 0.586. The van der Waals surface area contributed by atoms with Gasteiger partial charge in [-0.15, -0.1) is 0 Å². The number of rotatable bonds is 8. The van der Waals surface area contributed by atoms with Gasteiger partial charge in [0.15, 0.2) is 0 Å². The number of amides is 2. The number of carbonyl (C=O) groups is 2. The molecule has 0 saturated carbocycles. The summed E-state index contributed by atoms with van der Waals surface area (Å²) in [5, 5.41) is 6.46. The molecular formula is C25H29N3O2. The maximum atomic E-state index is 12.6. The van der Waals surface area contributed by atoms with Crippen LogP contribution < -0.4 is 16.4 Å². The monoisotopic (exact) mass is 403 g/mol. The second kappa shape index (κ2) is 8.74. The molecule has 2 atom stereocenters. The third-order valence-electron chi connectivity index (χ3n) is 6.19. The summed E-state index contributed by atoms with van der Waals surface area (Å²) in [4.78, 5) is 25.0. The molecule has 1 aliphatic carbocycles. The predicted molar refractivity (Wildman–Crippen MR) is 120 cm³/mol. The van der Waals surface area contributed by atoms with Crippen LogP contribution in [0.4, 0.5) is 5.69 Å². The standard InChI is InChI=1S/C25H29N3O2/c26-24(30)25(16-15-22-20(17-25)19-12-7-8-13-21(19)27-22)28-23(29)14-6-2-5-11-18-9-3-1-4-10-18/h1,3-4,7-10,12-13,17,22,27H,2,5-6,11,14-16H2,(H2,26,30)(H,28,29). The van der Waals surface area contributed by atoms with Gasteiger partial charge in [-0.2, -0.15) is 0 Å². The van der Waals surface area contributed by atoms with E-state index in [1.54, 1.807) is 0 Å². The van der Waals surface area contributed by atoms with Crippen LogP contribution in [0.2, 0.25) is 0 Å². The van der Waals surface area contributed by atoms with Crippen molar-refractivity contribution in [1.82, 2.24) is 5.32 Å². The average molecular weight is 404 g/mol. The van der Waals surface area contributed by atoms with Crippen molar-refractivity contribution >= 4 is 23.1 Å². The smallest absolute Gasteiger partial charge is 0.247 e. The molecule has 5 heteroatoms. The number of para-hydroxylation sites is 1. The number of fused-ring (bicyclic) bond motifs is 3. The Balaban J connectivity index is 1.35. The number of aryl methyl sites for hydroxylation is 1. The van der Waals surface area contributed by atoms with Gasteiger partial charge < -0.3 is 16.4 Å². The van der Waals surface area contributed by atoms with Crippen molar-refractivity contribution in [3.8, 4) is 0 Å². The van der Waals surface area contributed by atoms with Crippen LogP contribution in [-0.4, -0.2) is 23.4 Å². The fourth-order valence-electron chi connectivity index (χ4n) is 4.53. The number of carbonyl (C=O) groups excluding carboxylic acids is 2. The van der Waals surface area contributed by atoms with Crippen molar-refractivity contribution in [2.75, 3.05) is 5.32 Å². The summed E-state index contributed by atoms with van der Waals surface area (Å²) in [5.74, 6) is -0.599. The van der Waals surface area contributed by atoms with E-state index in [0.717, 1.165) is 48.9 Å². The van der Waals surface area contributed by atoms with Crippen LogP contribution in [-0.2, 0) is 16.0 Å². The molecule has 0 spiro atoms. The third kappa shape index (κ3) is 4.25. The molecule has 2 amide bonds. The number of hydrogen-bond acceptors (Lipinski definition) is 3. The number of unbranched alkanes of at least 4 members (excludes halogenated alkanes) is 2. The van der Waals surface area contributed by atoms with E-state index >= 15 is 0 Å². The Kier molecular flexibility index (Phi) is 5.88. The molecule has 2 unspecified atom stereocenters. The molecule has 0 bridgehead atoms. The van der Waals surface area contributed by atoms with Crippen molar-refractivity contribution < 1.29 is 9.59 Å². The maximum absolute atomic E-state index is 12.6. The Bertz CT molecular complexity index is 954. The van der Waals surface area contributed by atoms with Gasteiger partial charge in [0.2, 0.25) is 11.8 Å². The molecule has 156 valence electrons. The number of benzene rings is 2. The predicted octanol–water partition coefficient (Wildman–Crippen LogP) is 3.80. The topological polar surface area (TPSA) is 84.2 Å². The molecule has 1 aliphatic heterocycles. The first-order valence-electron chi connectivity index (χ1n) is 10.8. The molecule has 2 aromatic carbocycles. The first-order valence-corrected chi connectivity index (χ1v) is 10.8. The molecule has 1 heterocycles. The van der Waals surface area contributed by atoms with E-state index in [1.807, 2.05) is 48.5 Å². The van der Waals surface area contributed by atoms with Crippen molar-refractivity contribution in [3.05, 3.63) is 71.8 Å². The summed E-state index contributed by atoms with van der Waals surface area (Å²) in [5.41, 5.74) is 9.20. The Labute approximate surface area is 177 Å². The molecule has 5 nitrogen and oxygen atoms in total. The SMILES string of the molecule is NC(=O)C1(NC(=O)CCCCCc2ccccc2)C=C2c3ccccc3NC2CC1. The lowest BCUT2D eigenvalue weighted by molar-refractivity contribution is -0.130. The highest BCUT2D eigenvalue weighted by molar-refractivity contribution is 5.97. The van der Waals surface area contributed by atoms with Crippen LogP contribution in [0, 0.1) is 0 Å². The fraction of sp³-hybridized carbons (Fsp3) is 0.360. The molecule has 4 N–H and O–H groups in total. The van der Waals surface area contributed by atoms with Crippen LogP contribution in [0.3, 0.4) is 0 Å². The van der Waals surface area contributed by atoms with Gasteiger partial charge in [0.25, 0.3) is 0 Å². The number of anilines is 1. The van der Waals surface area contributed by atoms with E-state index in [1.165, 1.54) is 5.56 Å². The van der Waals surface area contributed by atoms with Crippen LogP contribution in [0.5, 0.6) is 0 Å². The van der Waals surface area contributed by atoms with E-state index in [9.17, 15) is 9.59 Å². The minimum Gasteiger partial charge on any atom is -0.378 e. The fourth-order valence-corrected chi connectivity index (χ4v) is 4.53. The van der Waals surface area contributed by atoms with Gasteiger partial charge in [-0.3, -0.25) is 9.59 Å². The summed E-state index contributed by atoms with van der Waals surface area (Å²) in [6.07, 6.45) is 7.41. The van der Waals surface area contributed by atoms with Gasteiger partial charge in [0.1, 0.15) is 5.54 Å². The number of primary amides is 1. The Morgan fingerprint density at radius 3 is 2.60 bits per heavy atom. The van der Waals surface area contributed by atoms with Crippen LogP contribution in [0.25, 0.3) is 5.57 Å². The van der Waals surface area contributed by atoms with E-state index in [0.29, 0.717) is 12.8 Å². The third-order valence-corrected chi connectivity index (χ3v) is 6.19. The van der Waals surface area contributed by atoms with Gasteiger partial charge in [-0.25, -0.2) is 0 Å². The lowest BCUT2D eigenvalue weighted by atomic mass is 9.79. The number of nitrogens with one attached hydrogen (secondary N) is 2. The first-order chi connectivity index (χ1) is 14.6. The van der Waals surface area contributed by atoms with E-state index in [4.69, 9.17) is 5.73 Å². The normalized spacial score (nSPS) is 21.7. The molecule has 4 rings (SSSR count). The molecule has 30 heavy (non-hydrogen) atoms. The highest BCUT2D eigenvalue weighted by Crippen LogP contribution is 2.42. The lowest BCUT2D eigenvalue weighted by Crippen LogP contribution is -2.58. The minimum absolute atomic E-state index is 0.108. The summed E-state index contributed by atoms with van der Waals surface area (Å²) in [6, 6.07) is 18.6. The number of nitrogens with two attached hydrogens (primary N) is 1. The van der Waals surface area contributed by atoms with Crippen LogP contribution in [0.1, 0.15) is 49.7 Å². The van der Waals surface area contributed by atoms with E-state index < -0.39 is 11.4 Å². The van der Waals surface area contributed by atoms with Crippen LogP contribution >= 0.6 is 0 Å². The molecule has 0 fully saturated rings. The largest absolute Gasteiger partial charge is 0.378 e. The highest BCUT2D eigenvalue weighted by Gasteiger charge is 2.43. The van der Waals surface area contributed by atoms with Gasteiger partial charge >= 0.3 is 0 Å². The Hall–Kier alpha value is -3.08. The van der Waals surface area contributed by atoms with Crippen molar-refractivity contribution in [1.29, 1.82) is 0 Å². The second-order valence-corrected chi connectivity index (χ2v) is 8.31. The van der Waals surface area contributed by atoms with E-state index in [-0.39, 0.29) is 11.9 Å². The average Bonchev–Trinajstić information content (AvgIpc) is 3.12. The zero-order valence-corrected chi connectivity index (χ0v) is 17.2. The Morgan fingerprint density at radius 1 is 1.03 bits per heavy atom. The molecular weight excluding hydrogens is 374 g/mol. The van der Waals surface area contributed by atoms with Crippen LogP contribution in [0.15, 0.2) is 60.7 Å². The van der Waals surface area contributed by atoms with E-state index in [2.05, 4.69) is 22.8 Å². The molecule has 0 saturated heterocycles. The van der Waals surface area contributed by atoms with Crippen molar-refractivity contribution in [2.24, 2.45) is 5.73 Å². The summed E-state index contributed by atoms with van der Waals surface area (Å²) in [7, 11) is 0. The zero-order valence-electron chi connectivity index (χ0n) is 17.2. The molecule has 2 aromatic rings. The lowest BCUT2D eigenvalue weighted by Gasteiger charge is -2.35. The summed E-state index contributed by atoms with van der Waals surface area (Å²) < 4.78 is 0. The van der Waals surface area contributed by atoms with Gasteiger partial charge in [-0.1, -0.05) is 55.0 Å². The van der Waals surface area contributed by atoms with Crippen molar-refractivity contribution in [2.45, 2.75) is 56.5 Å². The summed E-state index contributed by atoms with van der Waals surface area (Å²) in [6.45, 7) is 0. The summed E-state index contributed by atoms with van der Waals surface area (Å²) >= 11 is 0. The molecule has 0 radical (unpaired) electrons. The molecule has 2 aliphatic rings. The molecule has 0 aromatic heterocycles. The van der Waals surface area contributed by atoms with Gasteiger partial charge in [0, 0.05) is 17.7 Å².